The van der Waals surface area contributed by atoms with E-state index in [9.17, 15) is 14.9 Å². The van der Waals surface area contributed by atoms with Crippen LogP contribution in [0, 0.1) is 10.1 Å². The lowest BCUT2D eigenvalue weighted by molar-refractivity contribution is -0.384. The first-order valence-electron chi connectivity index (χ1n) is 6.04. The van der Waals surface area contributed by atoms with Gasteiger partial charge in [0, 0.05) is 29.4 Å². The fraction of sp³-hybridized carbons (Fsp3) is 0.0714. The van der Waals surface area contributed by atoms with E-state index in [1.807, 2.05) is 0 Å². The highest BCUT2D eigenvalue weighted by atomic mass is 35.5. The van der Waals surface area contributed by atoms with Crippen molar-refractivity contribution >= 4 is 34.6 Å². The van der Waals surface area contributed by atoms with Gasteiger partial charge in [0.05, 0.1) is 4.92 Å². The SMILES string of the molecule is CNc1ccc(C(=O)Nc2ccc(Cl)cc2)cc1[N+](=O)[O-]. The van der Waals surface area contributed by atoms with E-state index in [0.29, 0.717) is 16.4 Å². The zero-order valence-corrected chi connectivity index (χ0v) is 11.8. The highest BCUT2D eigenvalue weighted by Gasteiger charge is 2.16. The summed E-state index contributed by atoms with van der Waals surface area (Å²) in [6.45, 7) is 0. The number of nitrogens with one attached hydrogen (secondary N) is 2. The first kappa shape index (κ1) is 14.8. The molecule has 2 aromatic carbocycles. The van der Waals surface area contributed by atoms with Crippen molar-refractivity contribution in [1.82, 2.24) is 0 Å². The van der Waals surface area contributed by atoms with Crippen LogP contribution in [0.3, 0.4) is 0 Å². The largest absolute Gasteiger partial charge is 0.383 e. The number of hydrogen-bond donors (Lipinski definition) is 2. The molecule has 0 aliphatic carbocycles. The molecule has 0 aliphatic heterocycles. The summed E-state index contributed by atoms with van der Waals surface area (Å²) in [6, 6.07) is 10.8. The first-order chi connectivity index (χ1) is 10.0. The Kier molecular flexibility index (Phi) is 4.39. The summed E-state index contributed by atoms with van der Waals surface area (Å²) in [5, 5.41) is 16.9. The number of benzene rings is 2. The molecule has 6 nitrogen and oxygen atoms in total. The molecule has 21 heavy (non-hydrogen) atoms. The monoisotopic (exact) mass is 305 g/mol. The van der Waals surface area contributed by atoms with Crippen LogP contribution in [0.4, 0.5) is 17.1 Å². The lowest BCUT2D eigenvalue weighted by Gasteiger charge is -2.07. The molecule has 1 amide bonds. The van der Waals surface area contributed by atoms with Gasteiger partial charge < -0.3 is 10.6 Å². The number of halogens is 1. The fourth-order valence-corrected chi connectivity index (χ4v) is 1.90. The van der Waals surface area contributed by atoms with Crippen LogP contribution in [0.2, 0.25) is 5.02 Å². The maximum Gasteiger partial charge on any atom is 0.293 e. The van der Waals surface area contributed by atoms with E-state index >= 15 is 0 Å². The highest BCUT2D eigenvalue weighted by Crippen LogP contribution is 2.25. The molecule has 0 aliphatic rings. The Morgan fingerprint density at radius 2 is 1.86 bits per heavy atom. The van der Waals surface area contributed by atoms with Crippen molar-refractivity contribution in [3.63, 3.8) is 0 Å². The summed E-state index contributed by atoms with van der Waals surface area (Å²) in [7, 11) is 1.58. The van der Waals surface area contributed by atoms with Crippen LogP contribution >= 0.6 is 11.6 Å². The van der Waals surface area contributed by atoms with Gasteiger partial charge in [-0.2, -0.15) is 0 Å². The van der Waals surface area contributed by atoms with Gasteiger partial charge in [-0.15, -0.1) is 0 Å². The van der Waals surface area contributed by atoms with Crippen LogP contribution in [-0.2, 0) is 0 Å². The predicted molar refractivity (Wildman–Crippen MR) is 82.0 cm³/mol. The van der Waals surface area contributed by atoms with E-state index in [1.54, 1.807) is 31.3 Å². The Morgan fingerprint density at radius 1 is 1.19 bits per heavy atom. The van der Waals surface area contributed by atoms with Crippen LogP contribution in [0.1, 0.15) is 10.4 Å². The minimum atomic E-state index is -0.537. The van der Waals surface area contributed by atoms with Crippen molar-refractivity contribution in [1.29, 1.82) is 0 Å². The van der Waals surface area contributed by atoms with Gasteiger partial charge in [-0.3, -0.25) is 14.9 Å². The van der Waals surface area contributed by atoms with Crippen molar-refractivity contribution in [3.05, 3.63) is 63.2 Å². The Bertz CT molecular complexity index is 686. The van der Waals surface area contributed by atoms with E-state index in [4.69, 9.17) is 11.6 Å². The molecule has 0 spiro atoms. The number of nitro benzene ring substituents is 1. The van der Waals surface area contributed by atoms with Crippen molar-refractivity contribution in [2.45, 2.75) is 0 Å². The summed E-state index contributed by atoms with van der Waals surface area (Å²) >= 11 is 5.76. The molecule has 0 saturated carbocycles. The minimum absolute atomic E-state index is 0.152. The third kappa shape index (κ3) is 3.49. The van der Waals surface area contributed by atoms with E-state index in [1.165, 1.54) is 18.2 Å². The van der Waals surface area contributed by atoms with Crippen molar-refractivity contribution in [3.8, 4) is 0 Å². The summed E-state index contributed by atoms with van der Waals surface area (Å²) in [4.78, 5) is 22.5. The van der Waals surface area contributed by atoms with Crippen LogP contribution in [-0.4, -0.2) is 17.9 Å². The fourth-order valence-electron chi connectivity index (χ4n) is 1.77. The molecule has 0 saturated heterocycles. The topological polar surface area (TPSA) is 84.3 Å². The zero-order chi connectivity index (χ0) is 15.4. The first-order valence-corrected chi connectivity index (χ1v) is 6.42. The number of nitro groups is 1. The third-order valence-corrected chi connectivity index (χ3v) is 3.08. The zero-order valence-electron chi connectivity index (χ0n) is 11.1. The van der Waals surface area contributed by atoms with Crippen molar-refractivity contribution in [2.75, 3.05) is 17.7 Å². The molecule has 0 unspecified atom stereocenters. The lowest BCUT2D eigenvalue weighted by Crippen LogP contribution is -2.12. The Balaban J connectivity index is 2.25. The molecule has 2 rings (SSSR count). The molecule has 0 heterocycles. The van der Waals surface area contributed by atoms with Gasteiger partial charge in [-0.05, 0) is 36.4 Å². The third-order valence-electron chi connectivity index (χ3n) is 2.83. The number of carbonyl (C=O) groups excluding carboxylic acids is 1. The van der Waals surface area contributed by atoms with E-state index in [0.717, 1.165) is 0 Å². The number of carbonyl (C=O) groups is 1. The summed E-state index contributed by atoms with van der Waals surface area (Å²) < 4.78 is 0. The second kappa shape index (κ2) is 6.23. The second-order valence-corrected chi connectivity index (χ2v) is 4.64. The number of rotatable bonds is 4. The predicted octanol–water partition coefficient (Wildman–Crippen LogP) is 3.54. The molecule has 0 atom stereocenters. The van der Waals surface area contributed by atoms with Crippen LogP contribution in [0.25, 0.3) is 0 Å². The maximum absolute atomic E-state index is 12.1. The van der Waals surface area contributed by atoms with Gasteiger partial charge in [-0.25, -0.2) is 0 Å². The Morgan fingerprint density at radius 3 is 2.43 bits per heavy atom. The quantitative estimate of drug-likeness (QED) is 0.668. The standard InChI is InChI=1S/C14H12ClN3O3/c1-16-12-7-2-9(8-13(12)18(20)21)14(19)17-11-5-3-10(15)4-6-11/h2-8,16H,1H3,(H,17,19). The molecule has 0 bridgehead atoms. The van der Waals surface area contributed by atoms with Crippen molar-refractivity contribution < 1.29 is 9.72 Å². The molecule has 0 aromatic heterocycles. The molecule has 2 N–H and O–H groups in total. The normalized spacial score (nSPS) is 10.0. The smallest absolute Gasteiger partial charge is 0.293 e. The number of nitrogens with zero attached hydrogens (tertiary/aromatic N) is 1. The molecular formula is C14H12ClN3O3. The Labute approximate surface area is 125 Å². The average Bonchev–Trinajstić information content (AvgIpc) is 2.48. The van der Waals surface area contributed by atoms with Gasteiger partial charge in [0.2, 0.25) is 0 Å². The average molecular weight is 306 g/mol. The molecule has 7 heteroatoms. The number of hydrogen-bond acceptors (Lipinski definition) is 4. The lowest BCUT2D eigenvalue weighted by atomic mass is 10.1. The van der Waals surface area contributed by atoms with Gasteiger partial charge in [0.25, 0.3) is 11.6 Å². The number of amides is 1. The highest BCUT2D eigenvalue weighted by molar-refractivity contribution is 6.30. The van der Waals surface area contributed by atoms with E-state index in [-0.39, 0.29) is 11.3 Å². The van der Waals surface area contributed by atoms with Gasteiger partial charge in [0.1, 0.15) is 5.69 Å². The molecular weight excluding hydrogens is 294 g/mol. The van der Waals surface area contributed by atoms with Crippen LogP contribution in [0.5, 0.6) is 0 Å². The molecule has 2 aromatic rings. The van der Waals surface area contributed by atoms with Crippen LogP contribution in [0.15, 0.2) is 42.5 Å². The molecule has 0 fully saturated rings. The van der Waals surface area contributed by atoms with Gasteiger partial charge >= 0.3 is 0 Å². The summed E-state index contributed by atoms with van der Waals surface area (Å²) in [6.07, 6.45) is 0. The van der Waals surface area contributed by atoms with E-state index in [2.05, 4.69) is 10.6 Å². The number of anilines is 2. The summed E-state index contributed by atoms with van der Waals surface area (Å²) in [5.74, 6) is -0.428. The van der Waals surface area contributed by atoms with Crippen molar-refractivity contribution in [2.24, 2.45) is 0 Å². The maximum atomic E-state index is 12.1. The summed E-state index contributed by atoms with van der Waals surface area (Å²) in [5.41, 5.74) is 0.963. The van der Waals surface area contributed by atoms with Crippen LogP contribution < -0.4 is 10.6 Å². The Hall–Kier alpha value is -2.60. The second-order valence-electron chi connectivity index (χ2n) is 4.20. The molecule has 108 valence electrons. The molecule has 0 radical (unpaired) electrons. The van der Waals surface area contributed by atoms with E-state index < -0.39 is 10.8 Å². The van der Waals surface area contributed by atoms with Gasteiger partial charge in [-0.1, -0.05) is 11.6 Å². The van der Waals surface area contributed by atoms with Gasteiger partial charge in [0.15, 0.2) is 0 Å². The minimum Gasteiger partial charge on any atom is -0.383 e.